The molecule has 3 amide bonds. The molecule has 0 atom stereocenters. The van der Waals surface area contributed by atoms with Crippen molar-refractivity contribution in [2.24, 2.45) is 0 Å². The predicted molar refractivity (Wildman–Crippen MR) is 108 cm³/mol. The van der Waals surface area contributed by atoms with E-state index in [0.717, 1.165) is 31.9 Å². The van der Waals surface area contributed by atoms with Crippen LogP contribution in [0.4, 0.5) is 16.2 Å². The Morgan fingerprint density at radius 3 is 2.54 bits per heavy atom. The van der Waals surface area contributed by atoms with Crippen molar-refractivity contribution in [1.29, 1.82) is 0 Å². The van der Waals surface area contributed by atoms with E-state index < -0.39 is 10.0 Å². The maximum absolute atomic E-state index is 12.1. The van der Waals surface area contributed by atoms with Crippen molar-refractivity contribution >= 4 is 33.3 Å². The van der Waals surface area contributed by atoms with E-state index in [1.165, 1.54) is 19.6 Å². The average Bonchev–Trinajstić information content (AvgIpc) is 2.61. The molecule has 0 aliphatic heterocycles. The van der Waals surface area contributed by atoms with E-state index in [4.69, 9.17) is 4.74 Å². The predicted octanol–water partition coefficient (Wildman–Crippen LogP) is 2.03. The zero-order valence-corrected chi connectivity index (χ0v) is 17.0. The van der Waals surface area contributed by atoms with Crippen molar-refractivity contribution in [3.63, 3.8) is 0 Å². The lowest BCUT2D eigenvalue weighted by molar-refractivity contribution is -0.116. The Kier molecular flexibility index (Phi) is 7.91. The third-order valence-electron chi connectivity index (χ3n) is 4.36. The number of sulfonamides is 1. The number of anilines is 2. The number of carbonyl (C=O) groups excluding carboxylic acids is 2. The third-order valence-corrected chi connectivity index (χ3v) is 4.95. The van der Waals surface area contributed by atoms with Gasteiger partial charge in [-0.3, -0.25) is 9.52 Å². The SMILES string of the molecule is COc1ccc(NC(=O)CCNC(=O)NC2CCCCC2)cc1NS(C)(=O)=O. The highest BCUT2D eigenvalue weighted by atomic mass is 32.2. The Bertz CT molecular complexity index is 791. The van der Waals surface area contributed by atoms with E-state index in [9.17, 15) is 18.0 Å². The molecule has 1 aliphatic carbocycles. The molecule has 1 aromatic rings. The van der Waals surface area contributed by atoms with Crippen LogP contribution >= 0.6 is 0 Å². The second-order valence-electron chi connectivity index (χ2n) is 6.82. The van der Waals surface area contributed by atoms with Crippen molar-refractivity contribution in [3.8, 4) is 5.75 Å². The summed E-state index contributed by atoms with van der Waals surface area (Å²) in [5, 5.41) is 8.28. The van der Waals surface area contributed by atoms with Gasteiger partial charge in [-0.15, -0.1) is 0 Å². The van der Waals surface area contributed by atoms with Gasteiger partial charge in [0.1, 0.15) is 5.75 Å². The van der Waals surface area contributed by atoms with Gasteiger partial charge in [-0.25, -0.2) is 13.2 Å². The smallest absolute Gasteiger partial charge is 0.315 e. The van der Waals surface area contributed by atoms with Crippen molar-refractivity contribution < 1.29 is 22.7 Å². The van der Waals surface area contributed by atoms with Gasteiger partial charge in [-0.05, 0) is 31.0 Å². The van der Waals surface area contributed by atoms with Crippen LogP contribution in [0, 0.1) is 0 Å². The minimum atomic E-state index is -3.49. The third kappa shape index (κ3) is 7.63. The van der Waals surface area contributed by atoms with Crippen molar-refractivity contribution in [2.45, 2.75) is 44.6 Å². The maximum Gasteiger partial charge on any atom is 0.315 e. The highest BCUT2D eigenvalue weighted by Gasteiger charge is 2.15. The van der Waals surface area contributed by atoms with Gasteiger partial charge in [0.05, 0.1) is 19.1 Å². The van der Waals surface area contributed by atoms with E-state index in [-0.39, 0.29) is 36.6 Å². The molecule has 0 spiro atoms. The first kappa shape index (κ1) is 21.8. The van der Waals surface area contributed by atoms with Gasteiger partial charge in [0.25, 0.3) is 0 Å². The normalized spacial score (nSPS) is 14.8. The summed E-state index contributed by atoms with van der Waals surface area (Å²) in [5.41, 5.74) is 0.649. The summed E-state index contributed by atoms with van der Waals surface area (Å²) >= 11 is 0. The molecule has 28 heavy (non-hydrogen) atoms. The summed E-state index contributed by atoms with van der Waals surface area (Å²) < 4.78 is 30.4. The van der Waals surface area contributed by atoms with Crippen LogP contribution < -0.4 is 25.4 Å². The number of urea groups is 1. The summed E-state index contributed by atoms with van der Waals surface area (Å²) in [6.45, 7) is 0.203. The molecule has 0 unspecified atom stereocenters. The Morgan fingerprint density at radius 1 is 1.18 bits per heavy atom. The van der Waals surface area contributed by atoms with Gasteiger partial charge in [0.15, 0.2) is 0 Å². The van der Waals surface area contributed by atoms with E-state index in [0.29, 0.717) is 11.4 Å². The molecule has 0 heterocycles. The van der Waals surface area contributed by atoms with Crippen LogP contribution in [0.5, 0.6) is 5.75 Å². The lowest BCUT2D eigenvalue weighted by Crippen LogP contribution is -2.43. The molecule has 9 nitrogen and oxygen atoms in total. The van der Waals surface area contributed by atoms with Gasteiger partial charge >= 0.3 is 6.03 Å². The highest BCUT2D eigenvalue weighted by molar-refractivity contribution is 7.92. The zero-order chi connectivity index (χ0) is 20.6. The maximum atomic E-state index is 12.1. The van der Waals surface area contributed by atoms with Crippen molar-refractivity contribution in [1.82, 2.24) is 10.6 Å². The minimum absolute atomic E-state index is 0.0962. The first-order valence-corrected chi connectivity index (χ1v) is 11.2. The quantitative estimate of drug-likeness (QED) is 0.520. The largest absolute Gasteiger partial charge is 0.495 e. The Balaban J connectivity index is 1.80. The minimum Gasteiger partial charge on any atom is -0.495 e. The first-order chi connectivity index (χ1) is 13.3. The van der Waals surface area contributed by atoms with E-state index in [2.05, 4.69) is 20.7 Å². The number of benzene rings is 1. The van der Waals surface area contributed by atoms with E-state index >= 15 is 0 Å². The van der Waals surface area contributed by atoms with E-state index in [1.807, 2.05) is 0 Å². The summed E-state index contributed by atoms with van der Waals surface area (Å²) in [7, 11) is -2.07. The summed E-state index contributed by atoms with van der Waals surface area (Å²) in [6, 6.07) is 4.58. The van der Waals surface area contributed by atoms with Gasteiger partial charge in [0.2, 0.25) is 15.9 Å². The second-order valence-corrected chi connectivity index (χ2v) is 8.57. The van der Waals surface area contributed by atoms with Gasteiger partial charge in [-0.1, -0.05) is 19.3 Å². The Hall–Kier alpha value is -2.49. The molecule has 0 aromatic heterocycles. The van der Waals surface area contributed by atoms with Crippen LogP contribution in [-0.4, -0.2) is 46.3 Å². The van der Waals surface area contributed by atoms with Crippen LogP contribution in [-0.2, 0) is 14.8 Å². The second kappa shape index (κ2) is 10.2. The topological polar surface area (TPSA) is 126 Å². The number of rotatable bonds is 8. The number of hydrogen-bond donors (Lipinski definition) is 4. The van der Waals surface area contributed by atoms with Crippen LogP contribution in [0.2, 0.25) is 0 Å². The van der Waals surface area contributed by atoms with Gasteiger partial charge in [-0.2, -0.15) is 0 Å². The molecule has 2 rings (SSSR count). The number of hydrogen-bond acceptors (Lipinski definition) is 5. The van der Waals surface area contributed by atoms with Gasteiger partial charge in [0, 0.05) is 24.7 Å². The molecule has 0 saturated heterocycles. The molecule has 0 bridgehead atoms. The number of carbonyl (C=O) groups is 2. The monoisotopic (exact) mass is 412 g/mol. The zero-order valence-electron chi connectivity index (χ0n) is 16.2. The van der Waals surface area contributed by atoms with Crippen molar-refractivity contribution in [2.75, 3.05) is 29.9 Å². The molecule has 1 fully saturated rings. The fourth-order valence-corrected chi connectivity index (χ4v) is 3.62. The van der Waals surface area contributed by atoms with Crippen LogP contribution in [0.1, 0.15) is 38.5 Å². The number of amides is 3. The molecular formula is C18H28N4O5S. The molecule has 156 valence electrons. The summed E-state index contributed by atoms with van der Waals surface area (Å²) in [4.78, 5) is 23.9. The van der Waals surface area contributed by atoms with Crippen LogP contribution in [0.3, 0.4) is 0 Å². The fourth-order valence-electron chi connectivity index (χ4n) is 3.06. The molecule has 0 radical (unpaired) electrons. The fraction of sp³-hybridized carbons (Fsp3) is 0.556. The van der Waals surface area contributed by atoms with Gasteiger partial charge < -0.3 is 20.7 Å². The molecule has 10 heteroatoms. The van der Waals surface area contributed by atoms with E-state index in [1.54, 1.807) is 12.1 Å². The Morgan fingerprint density at radius 2 is 1.89 bits per heavy atom. The standard InChI is InChI=1S/C18H28N4O5S/c1-27-16-9-8-14(12-15(16)22-28(2,25)26)20-17(23)10-11-19-18(24)21-13-6-4-3-5-7-13/h8-9,12-13,22H,3-7,10-11H2,1-2H3,(H,20,23)(H2,19,21,24). The summed E-state index contributed by atoms with van der Waals surface area (Å²) in [5.74, 6) is 0.0397. The van der Waals surface area contributed by atoms with Crippen molar-refractivity contribution in [3.05, 3.63) is 18.2 Å². The molecule has 4 N–H and O–H groups in total. The molecule has 1 saturated carbocycles. The molecule has 1 aliphatic rings. The molecular weight excluding hydrogens is 384 g/mol. The lowest BCUT2D eigenvalue weighted by atomic mass is 9.96. The average molecular weight is 413 g/mol. The molecule has 1 aromatic carbocycles. The number of nitrogens with one attached hydrogen (secondary N) is 4. The van der Waals surface area contributed by atoms with Crippen LogP contribution in [0.25, 0.3) is 0 Å². The highest BCUT2D eigenvalue weighted by Crippen LogP contribution is 2.28. The number of methoxy groups -OCH3 is 1. The lowest BCUT2D eigenvalue weighted by Gasteiger charge is -2.22. The Labute approximate surface area is 165 Å². The van der Waals surface area contributed by atoms with Crippen LogP contribution in [0.15, 0.2) is 18.2 Å². The number of ether oxygens (including phenoxy) is 1. The first-order valence-electron chi connectivity index (χ1n) is 9.27. The summed E-state index contributed by atoms with van der Waals surface area (Å²) in [6.07, 6.45) is 6.59.